The van der Waals surface area contributed by atoms with Gasteiger partial charge in [0.2, 0.25) is 0 Å². The highest BCUT2D eigenvalue weighted by atomic mass is 16.7. The molecular weight excluding hydrogens is 576 g/mol. The first kappa shape index (κ1) is 31.5. The van der Waals surface area contributed by atoms with E-state index >= 15 is 0 Å². The van der Waals surface area contributed by atoms with Crippen LogP contribution in [0.5, 0.6) is 11.5 Å². The first-order valence-electron chi connectivity index (χ1n) is 16.1. The molecule has 6 rings (SSSR count). The van der Waals surface area contributed by atoms with E-state index < -0.39 is 11.9 Å². The second kappa shape index (κ2) is 12.4. The van der Waals surface area contributed by atoms with Crippen LogP contribution in [0, 0.1) is 28.6 Å². The normalized spacial score (nSPS) is 34.4. The lowest BCUT2D eigenvalue weighted by Gasteiger charge is -2.63. The van der Waals surface area contributed by atoms with Gasteiger partial charge in [-0.25, -0.2) is 9.59 Å². The Morgan fingerprint density at radius 1 is 1.09 bits per heavy atom. The molecule has 0 aromatic carbocycles. The summed E-state index contributed by atoms with van der Waals surface area (Å²) in [5, 5.41) is 19.9. The van der Waals surface area contributed by atoms with Crippen LogP contribution in [-0.4, -0.2) is 64.8 Å². The van der Waals surface area contributed by atoms with Crippen molar-refractivity contribution in [3.8, 4) is 11.5 Å². The van der Waals surface area contributed by atoms with Gasteiger partial charge in [-0.1, -0.05) is 26.0 Å². The van der Waals surface area contributed by atoms with Crippen molar-refractivity contribution in [3.05, 3.63) is 59.7 Å². The van der Waals surface area contributed by atoms with E-state index in [0.717, 1.165) is 51.4 Å². The zero-order chi connectivity index (χ0) is 31.9. The van der Waals surface area contributed by atoms with Crippen molar-refractivity contribution in [2.75, 3.05) is 20.3 Å². The predicted molar refractivity (Wildman–Crippen MR) is 164 cm³/mol. The Bertz CT molecular complexity index is 1460. The van der Waals surface area contributed by atoms with Crippen molar-refractivity contribution in [2.45, 2.75) is 83.5 Å². The summed E-state index contributed by atoms with van der Waals surface area (Å²) in [7, 11) is 1.31. The number of carboxylic acid groups (broad SMARTS) is 1. The van der Waals surface area contributed by atoms with E-state index in [2.05, 4.69) is 30.4 Å². The number of pyridine rings is 2. The fraction of sp³-hybridized carbons (Fsp3) is 0.600. The van der Waals surface area contributed by atoms with E-state index in [9.17, 15) is 19.8 Å². The average Bonchev–Trinajstić information content (AvgIpc) is 3.51. The van der Waals surface area contributed by atoms with Gasteiger partial charge in [-0.15, -0.1) is 0 Å². The average molecular weight is 621 g/mol. The minimum absolute atomic E-state index is 0.0254. The number of hydrogen-bond acceptors (Lipinski definition) is 9. The Morgan fingerprint density at radius 3 is 2.67 bits per heavy atom. The van der Waals surface area contributed by atoms with Gasteiger partial charge in [0.25, 0.3) is 0 Å². The van der Waals surface area contributed by atoms with Gasteiger partial charge in [0.1, 0.15) is 11.5 Å². The second-order valence-corrected chi connectivity index (χ2v) is 13.9. The molecule has 4 fully saturated rings. The first-order chi connectivity index (χ1) is 21.5. The van der Waals surface area contributed by atoms with Crippen LogP contribution in [0.1, 0.15) is 97.5 Å². The number of aromatic nitrogens is 2. The molecule has 3 aliphatic carbocycles. The van der Waals surface area contributed by atoms with E-state index in [1.165, 1.54) is 37.2 Å². The fourth-order valence-electron chi connectivity index (χ4n) is 9.06. The van der Waals surface area contributed by atoms with Crippen molar-refractivity contribution in [3.63, 3.8) is 0 Å². The molecule has 3 unspecified atom stereocenters. The summed E-state index contributed by atoms with van der Waals surface area (Å²) in [5.41, 5.74) is 2.14. The van der Waals surface area contributed by atoms with Crippen LogP contribution in [0.15, 0.2) is 42.9 Å². The molecule has 0 amide bonds. The maximum Gasteiger partial charge on any atom is 0.339 e. The highest BCUT2D eigenvalue weighted by Crippen LogP contribution is 2.63. The summed E-state index contributed by atoms with van der Waals surface area (Å²) in [4.78, 5) is 31.6. The second-order valence-electron chi connectivity index (χ2n) is 13.9. The van der Waals surface area contributed by atoms with Crippen LogP contribution < -0.4 is 4.74 Å². The number of ether oxygens (including phenoxy) is 4. The Morgan fingerprint density at radius 2 is 1.91 bits per heavy atom. The standard InChI is InChI=1S/C35H44N2O8/c1-20-5-8-28-34(2,26(20)10-12-43-25-14-23(31(39)40)16-36-18-25)11-9-29-35(28,3)19-44-33(45-29)22-7-6-21(13-22)30-27(38)15-24(17-37-30)32(41)42-4/h14-18,21-22,26,28-29,33,38H,1,5-13,19H2,2-4H3,(H,39,40)/t21?,22?,26-,28?,29-,33-,34+,35+/m1/s1. The molecule has 0 spiro atoms. The Balaban J connectivity index is 1.09. The molecule has 10 nitrogen and oxygen atoms in total. The molecule has 2 N–H and O–H groups in total. The number of hydrogen-bond donors (Lipinski definition) is 2. The number of rotatable bonds is 8. The third-order valence-corrected chi connectivity index (χ3v) is 11.4. The van der Waals surface area contributed by atoms with Gasteiger partial charge in [-0.2, -0.15) is 0 Å². The van der Waals surface area contributed by atoms with Crippen molar-refractivity contribution in [2.24, 2.45) is 28.6 Å². The summed E-state index contributed by atoms with van der Waals surface area (Å²) in [6.45, 7) is 10.3. The molecule has 8 atom stereocenters. The van der Waals surface area contributed by atoms with E-state index in [-0.39, 0.29) is 57.9 Å². The number of allylic oxidation sites excluding steroid dienone is 1. The summed E-state index contributed by atoms with van der Waals surface area (Å²) in [6.07, 6.45) is 11.6. The molecular formula is C35H44N2O8. The van der Waals surface area contributed by atoms with Crippen molar-refractivity contribution in [1.29, 1.82) is 0 Å². The zero-order valence-corrected chi connectivity index (χ0v) is 26.4. The van der Waals surface area contributed by atoms with Gasteiger partial charge in [-0.3, -0.25) is 9.97 Å². The third kappa shape index (κ3) is 5.83. The number of carboxylic acids is 1. The molecule has 10 heteroatoms. The van der Waals surface area contributed by atoms with E-state index in [1.54, 1.807) is 6.20 Å². The summed E-state index contributed by atoms with van der Waals surface area (Å²) in [6, 6.07) is 2.95. The lowest BCUT2D eigenvalue weighted by Crippen LogP contribution is -2.62. The molecule has 3 heterocycles. The maximum atomic E-state index is 11.8. The summed E-state index contributed by atoms with van der Waals surface area (Å²) in [5.74, 6) is -0.0848. The predicted octanol–water partition coefficient (Wildman–Crippen LogP) is 6.15. The van der Waals surface area contributed by atoms with Crippen LogP contribution in [-0.2, 0) is 14.2 Å². The highest BCUT2D eigenvalue weighted by molar-refractivity contribution is 5.89. The summed E-state index contributed by atoms with van der Waals surface area (Å²) >= 11 is 0. The number of methoxy groups -OCH3 is 1. The Labute approximate surface area is 264 Å². The minimum atomic E-state index is -1.02. The van der Waals surface area contributed by atoms with Gasteiger partial charge in [0.15, 0.2) is 6.29 Å². The van der Waals surface area contributed by atoms with Gasteiger partial charge in [-0.05, 0) is 80.8 Å². The Kier molecular flexibility index (Phi) is 8.65. The quantitative estimate of drug-likeness (QED) is 0.261. The molecule has 0 bridgehead atoms. The number of esters is 1. The number of aromatic carboxylic acids is 1. The smallest absolute Gasteiger partial charge is 0.339 e. The van der Waals surface area contributed by atoms with Crippen LogP contribution >= 0.6 is 0 Å². The lowest BCUT2D eigenvalue weighted by atomic mass is 9.46. The SMILES string of the molecule is C=C1CCC2[C@]3(C)CO[C@@H](C4CCC(c5ncc(C(=O)OC)cc5O)C4)O[C@@H]3CC[C@@]2(C)[C@@H]1CCOc1cncc(C(=O)O)c1. The monoisotopic (exact) mass is 620 g/mol. The molecule has 45 heavy (non-hydrogen) atoms. The molecule has 2 aromatic rings. The van der Waals surface area contributed by atoms with E-state index in [1.807, 2.05) is 0 Å². The largest absolute Gasteiger partial charge is 0.506 e. The van der Waals surface area contributed by atoms with Gasteiger partial charge < -0.3 is 29.2 Å². The number of aromatic hydroxyl groups is 1. The molecule has 2 aromatic heterocycles. The maximum absolute atomic E-state index is 11.8. The third-order valence-electron chi connectivity index (χ3n) is 11.4. The van der Waals surface area contributed by atoms with Gasteiger partial charge in [0, 0.05) is 29.6 Å². The van der Waals surface area contributed by atoms with Crippen molar-refractivity contribution in [1.82, 2.24) is 9.97 Å². The number of fused-ring (bicyclic) bond motifs is 3. The minimum Gasteiger partial charge on any atom is -0.506 e. The van der Waals surface area contributed by atoms with Crippen LogP contribution in [0.25, 0.3) is 0 Å². The molecule has 242 valence electrons. The first-order valence-corrected chi connectivity index (χ1v) is 16.1. The molecule has 4 aliphatic rings. The topological polar surface area (TPSA) is 137 Å². The van der Waals surface area contributed by atoms with E-state index in [4.69, 9.17) is 18.9 Å². The van der Waals surface area contributed by atoms with E-state index in [0.29, 0.717) is 30.6 Å². The zero-order valence-electron chi connectivity index (χ0n) is 26.4. The summed E-state index contributed by atoms with van der Waals surface area (Å²) < 4.78 is 24.1. The van der Waals surface area contributed by atoms with Crippen LogP contribution in [0.4, 0.5) is 0 Å². The lowest BCUT2D eigenvalue weighted by molar-refractivity contribution is -0.316. The molecule has 0 radical (unpaired) electrons. The van der Waals surface area contributed by atoms with Crippen molar-refractivity contribution < 1.29 is 38.7 Å². The Hall–Kier alpha value is -3.50. The van der Waals surface area contributed by atoms with Crippen LogP contribution in [0.2, 0.25) is 0 Å². The number of nitrogens with zero attached hydrogens (tertiary/aromatic N) is 2. The van der Waals surface area contributed by atoms with Gasteiger partial charge >= 0.3 is 11.9 Å². The van der Waals surface area contributed by atoms with Crippen LogP contribution in [0.3, 0.4) is 0 Å². The van der Waals surface area contributed by atoms with Crippen molar-refractivity contribution >= 4 is 11.9 Å². The molecule has 1 aliphatic heterocycles. The highest BCUT2D eigenvalue weighted by Gasteiger charge is 2.60. The number of carbonyl (C=O) groups excluding carboxylic acids is 1. The van der Waals surface area contributed by atoms with Gasteiger partial charge in [0.05, 0.1) is 49.4 Å². The fourth-order valence-corrected chi connectivity index (χ4v) is 9.06. The molecule has 3 saturated carbocycles. The number of carbonyl (C=O) groups is 2. The molecule has 1 saturated heterocycles.